The van der Waals surface area contributed by atoms with Gasteiger partial charge in [-0.2, -0.15) is 0 Å². The number of rotatable bonds is 8. The minimum atomic E-state index is -0.343. The SMILES string of the molecule is CCOc1cc(/C=C2\SC(=O)N(Cc3cccc4ccccc34)C2=O)cc(Cl)c1OCc1ccc(Cl)cc1. The first-order chi connectivity index (χ1) is 18.4. The molecule has 0 unspecified atom stereocenters. The predicted molar refractivity (Wildman–Crippen MR) is 154 cm³/mol. The van der Waals surface area contributed by atoms with Crippen molar-refractivity contribution in [2.45, 2.75) is 20.1 Å². The van der Waals surface area contributed by atoms with Crippen LogP contribution >= 0.6 is 35.0 Å². The lowest BCUT2D eigenvalue weighted by atomic mass is 10.0. The van der Waals surface area contributed by atoms with E-state index in [1.54, 1.807) is 30.3 Å². The van der Waals surface area contributed by atoms with E-state index in [4.69, 9.17) is 32.7 Å². The lowest BCUT2D eigenvalue weighted by Crippen LogP contribution is -2.27. The Kier molecular flexibility index (Phi) is 7.93. The molecular formula is C30H23Cl2NO4S. The third-order valence-electron chi connectivity index (χ3n) is 6.01. The fourth-order valence-electron chi connectivity index (χ4n) is 4.20. The Morgan fingerprint density at radius 1 is 0.921 bits per heavy atom. The zero-order valence-corrected chi connectivity index (χ0v) is 22.8. The normalized spacial score (nSPS) is 14.5. The Hall–Kier alpha value is -3.45. The van der Waals surface area contributed by atoms with Crippen molar-refractivity contribution in [3.8, 4) is 11.5 Å². The molecule has 0 bridgehead atoms. The van der Waals surface area contributed by atoms with Crippen LogP contribution in [0.1, 0.15) is 23.6 Å². The van der Waals surface area contributed by atoms with E-state index in [0.29, 0.717) is 38.6 Å². The average molecular weight is 564 g/mol. The van der Waals surface area contributed by atoms with Crippen molar-refractivity contribution < 1.29 is 19.1 Å². The van der Waals surface area contributed by atoms with Gasteiger partial charge in [-0.25, -0.2) is 0 Å². The number of halogens is 2. The number of hydrogen-bond donors (Lipinski definition) is 0. The summed E-state index contributed by atoms with van der Waals surface area (Å²) in [4.78, 5) is 27.6. The van der Waals surface area contributed by atoms with Crippen molar-refractivity contribution in [1.29, 1.82) is 0 Å². The number of imide groups is 1. The van der Waals surface area contributed by atoms with E-state index in [2.05, 4.69) is 0 Å². The van der Waals surface area contributed by atoms with Crippen molar-refractivity contribution in [3.63, 3.8) is 0 Å². The fourth-order valence-corrected chi connectivity index (χ4v) is 5.44. The Labute approximate surface area is 234 Å². The van der Waals surface area contributed by atoms with Crippen LogP contribution in [0.2, 0.25) is 10.0 Å². The molecule has 1 aliphatic rings. The molecule has 4 aromatic carbocycles. The van der Waals surface area contributed by atoms with Gasteiger partial charge in [0.05, 0.1) is 23.1 Å². The number of nitrogens with zero attached hydrogens (tertiary/aromatic N) is 1. The Balaban J connectivity index is 1.38. The summed E-state index contributed by atoms with van der Waals surface area (Å²) < 4.78 is 11.8. The number of carbonyl (C=O) groups is 2. The molecule has 5 rings (SSSR count). The molecule has 0 aliphatic carbocycles. The second-order valence-corrected chi connectivity index (χ2v) is 10.4. The van der Waals surface area contributed by atoms with Crippen LogP contribution in [-0.4, -0.2) is 22.7 Å². The standard InChI is InChI=1S/C30H23Cl2NO4S/c1-2-36-26-15-20(14-25(32)28(26)37-18-19-10-12-23(31)13-11-19)16-27-29(34)33(30(35)38-27)17-22-8-5-7-21-6-3-4-9-24(21)22/h3-16H,2,17-18H2,1H3/b27-16-. The van der Waals surface area contributed by atoms with E-state index in [0.717, 1.165) is 33.7 Å². The first-order valence-corrected chi connectivity index (χ1v) is 13.6. The fraction of sp³-hybridized carbons (Fsp3) is 0.133. The maximum atomic E-state index is 13.2. The molecule has 0 spiro atoms. The molecule has 1 saturated heterocycles. The molecule has 1 aliphatic heterocycles. The third kappa shape index (κ3) is 5.68. The predicted octanol–water partition coefficient (Wildman–Crippen LogP) is 8.36. The number of carbonyl (C=O) groups excluding carboxylic acids is 2. The van der Waals surface area contributed by atoms with Gasteiger partial charge in [0.1, 0.15) is 6.61 Å². The van der Waals surface area contributed by atoms with Gasteiger partial charge in [-0.05, 0) is 76.5 Å². The molecule has 0 aromatic heterocycles. The summed E-state index contributed by atoms with van der Waals surface area (Å²) in [5.74, 6) is 0.518. The third-order valence-corrected chi connectivity index (χ3v) is 7.45. The molecule has 0 saturated carbocycles. The van der Waals surface area contributed by atoms with Gasteiger partial charge >= 0.3 is 0 Å². The molecular weight excluding hydrogens is 541 g/mol. The number of fused-ring (bicyclic) bond motifs is 1. The van der Waals surface area contributed by atoms with Gasteiger partial charge in [0.25, 0.3) is 11.1 Å². The van der Waals surface area contributed by atoms with Crippen molar-refractivity contribution in [3.05, 3.63) is 111 Å². The van der Waals surface area contributed by atoms with Crippen LogP contribution in [0.5, 0.6) is 11.5 Å². The van der Waals surface area contributed by atoms with Crippen molar-refractivity contribution in [2.75, 3.05) is 6.61 Å². The molecule has 1 heterocycles. The summed E-state index contributed by atoms with van der Waals surface area (Å²) in [7, 11) is 0. The highest BCUT2D eigenvalue weighted by molar-refractivity contribution is 8.18. The van der Waals surface area contributed by atoms with Gasteiger partial charge < -0.3 is 9.47 Å². The van der Waals surface area contributed by atoms with Crippen LogP contribution in [0.25, 0.3) is 16.8 Å². The monoisotopic (exact) mass is 563 g/mol. The Morgan fingerprint density at radius 3 is 2.47 bits per heavy atom. The van der Waals surface area contributed by atoms with Crippen LogP contribution < -0.4 is 9.47 Å². The molecule has 38 heavy (non-hydrogen) atoms. The van der Waals surface area contributed by atoms with Crippen molar-refractivity contribution >= 4 is 63.0 Å². The molecule has 1 fully saturated rings. The zero-order chi connectivity index (χ0) is 26.6. The number of thioether (sulfide) groups is 1. The molecule has 4 aromatic rings. The second-order valence-electron chi connectivity index (χ2n) is 8.58. The maximum Gasteiger partial charge on any atom is 0.293 e. The highest BCUT2D eigenvalue weighted by Crippen LogP contribution is 2.40. The van der Waals surface area contributed by atoms with Gasteiger partial charge in [-0.15, -0.1) is 0 Å². The average Bonchev–Trinajstić information content (AvgIpc) is 3.17. The second kappa shape index (κ2) is 11.5. The van der Waals surface area contributed by atoms with E-state index in [1.807, 2.05) is 61.5 Å². The first kappa shape index (κ1) is 26.2. The van der Waals surface area contributed by atoms with Crippen molar-refractivity contribution in [1.82, 2.24) is 4.90 Å². The lowest BCUT2D eigenvalue weighted by molar-refractivity contribution is -0.123. The smallest absolute Gasteiger partial charge is 0.293 e. The van der Waals surface area contributed by atoms with Crippen molar-refractivity contribution in [2.24, 2.45) is 0 Å². The van der Waals surface area contributed by atoms with Gasteiger partial charge in [0, 0.05) is 5.02 Å². The highest BCUT2D eigenvalue weighted by atomic mass is 35.5. The number of amides is 2. The van der Waals surface area contributed by atoms with Crippen LogP contribution in [0, 0.1) is 0 Å². The molecule has 2 amide bonds. The number of hydrogen-bond acceptors (Lipinski definition) is 5. The molecule has 0 radical (unpaired) electrons. The minimum Gasteiger partial charge on any atom is -0.490 e. The topological polar surface area (TPSA) is 55.8 Å². The number of benzene rings is 4. The minimum absolute atomic E-state index is 0.200. The maximum absolute atomic E-state index is 13.2. The van der Waals surface area contributed by atoms with Crippen LogP contribution in [-0.2, 0) is 17.9 Å². The summed E-state index contributed by atoms with van der Waals surface area (Å²) in [6, 6.07) is 24.6. The molecule has 5 nitrogen and oxygen atoms in total. The van der Waals surface area contributed by atoms with Gasteiger partial charge in [0.15, 0.2) is 11.5 Å². The van der Waals surface area contributed by atoms with E-state index < -0.39 is 0 Å². The van der Waals surface area contributed by atoms with Gasteiger partial charge in [0.2, 0.25) is 0 Å². The summed E-state index contributed by atoms with van der Waals surface area (Å²) in [5, 5.41) is 2.75. The summed E-state index contributed by atoms with van der Waals surface area (Å²) >= 11 is 13.5. The van der Waals surface area contributed by atoms with E-state index in [1.165, 1.54) is 4.90 Å². The highest BCUT2D eigenvalue weighted by Gasteiger charge is 2.35. The molecule has 0 atom stereocenters. The summed E-state index contributed by atoms with van der Waals surface area (Å²) in [6.07, 6.45) is 1.66. The summed E-state index contributed by atoms with van der Waals surface area (Å²) in [6.45, 7) is 2.75. The van der Waals surface area contributed by atoms with Crippen LogP contribution in [0.3, 0.4) is 0 Å². The zero-order valence-electron chi connectivity index (χ0n) is 20.4. The van der Waals surface area contributed by atoms with Gasteiger partial charge in [-0.3, -0.25) is 14.5 Å². The van der Waals surface area contributed by atoms with E-state index >= 15 is 0 Å². The Morgan fingerprint density at radius 2 is 1.68 bits per heavy atom. The Bertz CT molecular complexity index is 1550. The first-order valence-electron chi connectivity index (χ1n) is 12.0. The lowest BCUT2D eigenvalue weighted by Gasteiger charge is -2.15. The largest absolute Gasteiger partial charge is 0.490 e. The number of ether oxygens (including phenoxy) is 2. The molecule has 8 heteroatoms. The van der Waals surface area contributed by atoms with Gasteiger partial charge in [-0.1, -0.05) is 77.8 Å². The van der Waals surface area contributed by atoms with Crippen LogP contribution in [0.15, 0.2) is 83.8 Å². The van der Waals surface area contributed by atoms with Crippen LogP contribution in [0.4, 0.5) is 4.79 Å². The van der Waals surface area contributed by atoms with E-state index in [9.17, 15) is 9.59 Å². The molecule has 192 valence electrons. The summed E-state index contributed by atoms with van der Waals surface area (Å²) in [5.41, 5.74) is 2.47. The molecule has 0 N–H and O–H groups in total. The van der Waals surface area contributed by atoms with E-state index in [-0.39, 0.29) is 24.3 Å². The quantitative estimate of drug-likeness (QED) is 0.201.